The summed E-state index contributed by atoms with van der Waals surface area (Å²) in [6.45, 7) is 2.92. The van der Waals surface area contributed by atoms with Crippen molar-refractivity contribution in [3.63, 3.8) is 0 Å². The van der Waals surface area contributed by atoms with Gasteiger partial charge in [0.25, 0.3) is 0 Å². The molecule has 1 aliphatic rings. The Hall–Kier alpha value is -1.87. The fourth-order valence-corrected chi connectivity index (χ4v) is 6.13. The molecule has 1 fully saturated rings. The zero-order valence-electron chi connectivity index (χ0n) is 15.3. The Morgan fingerprint density at radius 1 is 1.26 bits per heavy atom. The average molecular weight is 414 g/mol. The fraction of sp³-hybridized carbons (Fsp3) is 0.500. The summed E-state index contributed by atoms with van der Waals surface area (Å²) in [6.07, 6.45) is 0.544. The molecule has 0 aromatic heterocycles. The van der Waals surface area contributed by atoms with Crippen molar-refractivity contribution in [1.29, 1.82) is 0 Å². The molecule has 0 bridgehead atoms. The number of hydrogen-bond donors (Lipinski definition) is 1. The Kier molecular flexibility index (Phi) is 7.43. The monoisotopic (exact) mass is 413 g/mol. The number of esters is 1. The molecule has 2 rings (SSSR count). The van der Waals surface area contributed by atoms with Gasteiger partial charge in [0.15, 0.2) is 22.2 Å². The number of carbonyl (C=O) groups excluding carboxylic acids is 3. The molecule has 9 heteroatoms. The average Bonchev–Trinajstić information content (AvgIpc) is 2.96. The number of sulfone groups is 1. The lowest BCUT2D eigenvalue weighted by Gasteiger charge is -2.13. The molecular formula is C18H23NO6S2. The first-order chi connectivity index (χ1) is 12.7. The molecule has 1 amide bonds. The van der Waals surface area contributed by atoms with Crippen molar-refractivity contribution >= 4 is 39.3 Å². The van der Waals surface area contributed by atoms with E-state index in [9.17, 15) is 22.8 Å². The van der Waals surface area contributed by atoms with Crippen LogP contribution in [0.15, 0.2) is 24.3 Å². The van der Waals surface area contributed by atoms with Crippen LogP contribution < -0.4 is 5.32 Å². The van der Waals surface area contributed by atoms with Crippen LogP contribution in [0.2, 0.25) is 0 Å². The van der Waals surface area contributed by atoms with Gasteiger partial charge in [-0.15, -0.1) is 11.8 Å². The minimum absolute atomic E-state index is 0.0284. The maximum Gasteiger partial charge on any atom is 0.316 e. The van der Waals surface area contributed by atoms with E-state index in [1.165, 1.54) is 18.7 Å². The number of carbonyl (C=O) groups is 3. The lowest BCUT2D eigenvalue weighted by Crippen LogP contribution is -2.23. The highest BCUT2D eigenvalue weighted by Crippen LogP contribution is 2.24. The van der Waals surface area contributed by atoms with Crippen LogP contribution in [0.1, 0.15) is 42.2 Å². The highest BCUT2D eigenvalue weighted by atomic mass is 32.2. The fourth-order valence-electron chi connectivity index (χ4n) is 2.70. The molecule has 7 nitrogen and oxygen atoms in total. The summed E-state index contributed by atoms with van der Waals surface area (Å²) < 4.78 is 27.7. The van der Waals surface area contributed by atoms with Gasteiger partial charge in [-0.2, -0.15) is 0 Å². The maximum absolute atomic E-state index is 12.1. The maximum atomic E-state index is 12.1. The van der Waals surface area contributed by atoms with E-state index in [0.717, 1.165) is 5.56 Å². The number of benzene rings is 1. The van der Waals surface area contributed by atoms with Crippen LogP contribution >= 0.6 is 11.8 Å². The third-order valence-electron chi connectivity index (χ3n) is 4.14. The van der Waals surface area contributed by atoms with Crippen molar-refractivity contribution in [2.75, 3.05) is 23.9 Å². The lowest BCUT2D eigenvalue weighted by molar-refractivity contribution is -0.139. The van der Waals surface area contributed by atoms with Crippen LogP contribution in [0.25, 0.3) is 0 Å². The zero-order valence-corrected chi connectivity index (χ0v) is 16.9. The number of amides is 1. The highest BCUT2D eigenvalue weighted by molar-refractivity contribution is 8.02. The first kappa shape index (κ1) is 21.4. The summed E-state index contributed by atoms with van der Waals surface area (Å²) >= 11 is 1.25. The third kappa shape index (κ3) is 6.99. The van der Waals surface area contributed by atoms with Crippen molar-refractivity contribution in [2.24, 2.45) is 0 Å². The van der Waals surface area contributed by atoms with Crippen LogP contribution in [-0.2, 0) is 24.2 Å². The number of Topliss-reactive ketones (excluding diaryl/α,β-unsaturated/α-hetero) is 1. The third-order valence-corrected chi connectivity index (χ3v) is 7.40. The molecule has 1 aromatic rings. The van der Waals surface area contributed by atoms with E-state index in [0.29, 0.717) is 12.0 Å². The quantitative estimate of drug-likeness (QED) is 0.509. The van der Waals surface area contributed by atoms with Crippen LogP contribution in [0.3, 0.4) is 0 Å². The molecule has 0 radical (unpaired) electrons. The second kappa shape index (κ2) is 9.36. The Balaban J connectivity index is 1.76. The van der Waals surface area contributed by atoms with Crippen molar-refractivity contribution in [3.8, 4) is 0 Å². The molecule has 0 aliphatic carbocycles. The van der Waals surface area contributed by atoms with E-state index in [1.54, 1.807) is 24.3 Å². The van der Waals surface area contributed by atoms with Gasteiger partial charge in [-0.05, 0) is 18.9 Å². The molecule has 1 saturated heterocycles. The van der Waals surface area contributed by atoms with Gasteiger partial charge in [-0.1, -0.05) is 24.3 Å². The van der Waals surface area contributed by atoms with Gasteiger partial charge in [0, 0.05) is 17.7 Å². The normalized spacial score (nSPS) is 19.3. The molecular weight excluding hydrogens is 390 g/mol. The molecule has 1 aliphatic heterocycles. The molecule has 148 valence electrons. The Labute approximate surface area is 163 Å². The van der Waals surface area contributed by atoms with Gasteiger partial charge < -0.3 is 10.1 Å². The van der Waals surface area contributed by atoms with Crippen molar-refractivity contribution < 1.29 is 27.5 Å². The zero-order chi connectivity index (χ0) is 20.0. The SMILES string of the molecule is CC(=O)N[C@@H](C)c1ccc(C(=O)COC(=O)CS[C@@H]2CCS(=O)(=O)C2)cc1. The number of nitrogens with one attached hydrogen (secondary N) is 1. The minimum atomic E-state index is -2.97. The van der Waals surface area contributed by atoms with Crippen LogP contribution in [0, 0.1) is 0 Å². The number of thioether (sulfide) groups is 1. The van der Waals surface area contributed by atoms with Gasteiger partial charge in [0.05, 0.1) is 23.3 Å². The Bertz CT molecular complexity index is 804. The van der Waals surface area contributed by atoms with Gasteiger partial charge in [-0.3, -0.25) is 14.4 Å². The number of ether oxygens (including phenoxy) is 1. The standard InChI is InChI=1S/C18H23NO6S2/c1-12(19-13(2)20)14-3-5-15(6-4-14)17(21)9-25-18(22)10-26-16-7-8-27(23,24)11-16/h3-6,12,16H,7-11H2,1-2H3,(H,19,20)/t12-,16+/m0/s1. The molecule has 1 N–H and O–H groups in total. The Morgan fingerprint density at radius 2 is 1.93 bits per heavy atom. The first-order valence-electron chi connectivity index (χ1n) is 8.54. The van der Waals surface area contributed by atoms with E-state index >= 15 is 0 Å². The van der Waals surface area contributed by atoms with E-state index < -0.39 is 15.8 Å². The molecule has 0 spiro atoms. The largest absolute Gasteiger partial charge is 0.457 e. The predicted octanol–water partition coefficient (Wildman–Crippen LogP) is 1.53. The van der Waals surface area contributed by atoms with E-state index in [1.807, 2.05) is 6.92 Å². The van der Waals surface area contributed by atoms with Gasteiger partial charge in [0.2, 0.25) is 5.91 Å². The lowest BCUT2D eigenvalue weighted by atomic mass is 10.0. The van der Waals surface area contributed by atoms with Gasteiger partial charge in [-0.25, -0.2) is 8.42 Å². The summed E-state index contributed by atoms with van der Waals surface area (Å²) in [4.78, 5) is 35.0. The van der Waals surface area contributed by atoms with Crippen molar-refractivity contribution in [3.05, 3.63) is 35.4 Å². The van der Waals surface area contributed by atoms with Crippen LogP contribution in [0.4, 0.5) is 0 Å². The van der Waals surface area contributed by atoms with Crippen molar-refractivity contribution in [2.45, 2.75) is 31.6 Å². The molecule has 1 aromatic carbocycles. The second-order valence-electron chi connectivity index (χ2n) is 6.46. The van der Waals surface area contributed by atoms with E-state index in [-0.39, 0.29) is 46.8 Å². The Morgan fingerprint density at radius 3 is 2.48 bits per heavy atom. The predicted molar refractivity (Wildman–Crippen MR) is 103 cm³/mol. The molecule has 1 heterocycles. The first-order valence-corrected chi connectivity index (χ1v) is 11.4. The highest BCUT2D eigenvalue weighted by Gasteiger charge is 2.28. The van der Waals surface area contributed by atoms with Crippen LogP contribution in [0.5, 0.6) is 0 Å². The number of rotatable bonds is 8. The molecule has 0 saturated carbocycles. The van der Waals surface area contributed by atoms with Gasteiger partial charge in [0.1, 0.15) is 0 Å². The summed E-state index contributed by atoms with van der Waals surface area (Å²) in [5.74, 6) is -0.714. The summed E-state index contributed by atoms with van der Waals surface area (Å²) in [7, 11) is -2.97. The summed E-state index contributed by atoms with van der Waals surface area (Å²) in [6, 6.07) is 6.57. The summed E-state index contributed by atoms with van der Waals surface area (Å²) in [5, 5.41) is 2.67. The molecule has 2 atom stereocenters. The number of ketones is 1. The van der Waals surface area contributed by atoms with Crippen LogP contribution in [-0.4, -0.2) is 55.2 Å². The smallest absolute Gasteiger partial charge is 0.316 e. The second-order valence-corrected chi connectivity index (χ2v) is 9.98. The molecule has 0 unspecified atom stereocenters. The van der Waals surface area contributed by atoms with E-state index in [2.05, 4.69) is 5.32 Å². The van der Waals surface area contributed by atoms with Gasteiger partial charge >= 0.3 is 5.97 Å². The topological polar surface area (TPSA) is 107 Å². The number of hydrogen-bond acceptors (Lipinski definition) is 7. The summed E-state index contributed by atoms with van der Waals surface area (Å²) in [5.41, 5.74) is 1.28. The van der Waals surface area contributed by atoms with Crippen molar-refractivity contribution in [1.82, 2.24) is 5.32 Å². The molecule has 27 heavy (non-hydrogen) atoms. The minimum Gasteiger partial charge on any atom is -0.457 e. The van der Waals surface area contributed by atoms with E-state index in [4.69, 9.17) is 4.74 Å².